The van der Waals surface area contributed by atoms with Gasteiger partial charge in [0.05, 0.1) is 7.11 Å². The van der Waals surface area contributed by atoms with E-state index in [4.69, 9.17) is 16.3 Å². The summed E-state index contributed by atoms with van der Waals surface area (Å²) in [6.45, 7) is 12.1. The first-order valence-electron chi connectivity index (χ1n) is 7.26. The Balaban J connectivity index is 2.89. The first-order valence-corrected chi connectivity index (χ1v) is 7.64. The van der Waals surface area contributed by atoms with E-state index in [-0.39, 0.29) is 11.0 Å². The molecule has 0 aromatic heterocycles. The van der Waals surface area contributed by atoms with E-state index in [1.165, 1.54) is 5.56 Å². The van der Waals surface area contributed by atoms with Crippen molar-refractivity contribution in [3.8, 4) is 5.75 Å². The topological polar surface area (TPSA) is 21.3 Å². The molecule has 0 aliphatic carbocycles. The summed E-state index contributed by atoms with van der Waals surface area (Å²) in [6, 6.07) is 5.84. The van der Waals surface area contributed by atoms with Crippen LogP contribution in [0, 0.1) is 5.41 Å². The number of hydrogen-bond acceptors (Lipinski definition) is 2. The molecule has 0 amide bonds. The standard InChI is InChI=1S/C17H28ClNO/c1-7-17(5,12-19-16(2,3)4)11-13-10-14(18)8-9-15(13)20-6/h8-10,19H,7,11-12H2,1-6H3. The van der Waals surface area contributed by atoms with Crippen LogP contribution in [0.4, 0.5) is 0 Å². The van der Waals surface area contributed by atoms with Crippen molar-refractivity contribution in [3.05, 3.63) is 28.8 Å². The molecule has 0 radical (unpaired) electrons. The van der Waals surface area contributed by atoms with Crippen molar-refractivity contribution in [1.29, 1.82) is 0 Å². The van der Waals surface area contributed by atoms with Crippen LogP contribution in [0.15, 0.2) is 18.2 Å². The van der Waals surface area contributed by atoms with Gasteiger partial charge in [0.2, 0.25) is 0 Å². The maximum absolute atomic E-state index is 6.12. The lowest BCUT2D eigenvalue weighted by atomic mass is 9.80. The summed E-state index contributed by atoms with van der Waals surface area (Å²) in [7, 11) is 1.71. The van der Waals surface area contributed by atoms with Crippen LogP contribution >= 0.6 is 11.6 Å². The Hall–Kier alpha value is -0.730. The van der Waals surface area contributed by atoms with Crippen molar-refractivity contribution in [2.45, 2.75) is 53.0 Å². The lowest BCUT2D eigenvalue weighted by Gasteiger charge is -2.33. The molecule has 0 aliphatic rings. The maximum Gasteiger partial charge on any atom is 0.122 e. The second kappa shape index (κ2) is 6.82. The van der Waals surface area contributed by atoms with Gasteiger partial charge in [-0.2, -0.15) is 0 Å². The molecule has 1 atom stereocenters. The Morgan fingerprint density at radius 3 is 2.35 bits per heavy atom. The van der Waals surface area contributed by atoms with E-state index in [1.54, 1.807) is 7.11 Å². The van der Waals surface area contributed by atoms with Crippen molar-refractivity contribution in [2.75, 3.05) is 13.7 Å². The van der Waals surface area contributed by atoms with Crippen molar-refractivity contribution in [1.82, 2.24) is 5.32 Å². The van der Waals surface area contributed by atoms with Crippen LogP contribution in [0.1, 0.15) is 46.6 Å². The molecule has 0 aliphatic heterocycles. The van der Waals surface area contributed by atoms with Gasteiger partial charge >= 0.3 is 0 Å². The molecule has 1 rings (SSSR count). The van der Waals surface area contributed by atoms with Gasteiger partial charge in [-0.25, -0.2) is 0 Å². The smallest absolute Gasteiger partial charge is 0.122 e. The molecule has 1 aromatic rings. The number of methoxy groups -OCH3 is 1. The van der Waals surface area contributed by atoms with Crippen molar-refractivity contribution < 1.29 is 4.74 Å². The monoisotopic (exact) mass is 297 g/mol. The SMILES string of the molecule is CCC(C)(CNC(C)(C)C)Cc1cc(Cl)ccc1OC. The average molecular weight is 298 g/mol. The minimum absolute atomic E-state index is 0.134. The van der Waals surface area contributed by atoms with Gasteiger partial charge < -0.3 is 10.1 Å². The van der Waals surface area contributed by atoms with E-state index in [2.05, 4.69) is 39.9 Å². The lowest BCUT2D eigenvalue weighted by Crippen LogP contribution is -2.43. The highest BCUT2D eigenvalue weighted by atomic mass is 35.5. The fourth-order valence-electron chi connectivity index (χ4n) is 2.14. The summed E-state index contributed by atoms with van der Waals surface area (Å²) in [6.07, 6.45) is 2.06. The minimum atomic E-state index is 0.134. The Morgan fingerprint density at radius 2 is 1.85 bits per heavy atom. The highest BCUT2D eigenvalue weighted by molar-refractivity contribution is 6.30. The van der Waals surface area contributed by atoms with Crippen LogP contribution in [-0.4, -0.2) is 19.2 Å². The number of rotatable bonds is 6. The molecule has 1 aromatic carbocycles. The van der Waals surface area contributed by atoms with Gasteiger partial charge in [0, 0.05) is 17.1 Å². The molecule has 0 saturated heterocycles. The summed E-state index contributed by atoms with van der Waals surface area (Å²) >= 11 is 6.12. The largest absolute Gasteiger partial charge is 0.496 e. The van der Waals surface area contributed by atoms with Gasteiger partial charge in [-0.15, -0.1) is 0 Å². The summed E-state index contributed by atoms with van der Waals surface area (Å²) < 4.78 is 5.46. The third-order valence-corrected chi connectivity index (χ3v) is 3.99. The van der Waals surface area contributed by atoms with E-state index >= 15 is 0 Å². The van der Waals surface area contributed by atoms with Crippen LogP contribution < -0.4 is 10.1 Å². The molecule has 20 heavy (non-hydrogen) atoms. The van der Waals surface area contributed by atoms with Crippen LogP contribution in [0.3, 0.4) is 0 Å². The lowest BCUT2D eigenvalue weighted by molar-refractivity contribution is 0.252. The first kappa shape index (κ1) is 17.3. The average Bonchev–Trinajstić information content (AvgIpc) is 2.36. The number of halogens is 1. The van der Waals surface area contributed by atoms with Crippen molar-refractivity contribution in [2.24, 2.45) is 5.41 Å². The summed E-state index contributed by atoms with van der Waals surface area (Å²) in [5, 5.41) is 4.38. The normalized spacial score (nSPS) is 14.9. The fourth-order valence-corrected chi connectivity index (χ4v) is 2.33. The van der Waals surface area contributed by atoms with Gasteiger partial charge in [-0.3, -0.25) is 0 Å². The Morgan fingerprint density at radius 1 is 1.20 bits per heavy atom. The third kappa shape index (κ3) is 5.34. The zero-order valence-electron chi connectivity index (χ0n) is 13.6. The molecule has 0 spiro atoms. The van der Waals surface area contributed by atoms with E-state index in [0.29, 0.717) is 0 Å². The second-order valence-corrected chi connectivity index (χ2v) is 7.34. The zero-order chi connectivity index (χ0) is 15.4. The molecule has 3 heteroatoms. The van der Waals surface area contributed by atoms with Gasteiger partial charge in [-0.1, -0.05) is 25.4 Å². The quantitative estimate of drug-likeness (QED) is 0.822. The molecule has 1 unspecified atom stereocenters. The predicted molar refractivity (Wildman–Crippen MR) is 87.9 cm³/mol. The number of benzene rings is 1. The summed E-state index contributed by atoms with van der Waals surface area (Å²) in [5.74, 6) is 0.921. The number of nitrogens with one attached hydrogen (secondary N) is 1. The van der Waals surface area contributed by atoms with Crippen LogP contribution in [0.5, 0.6) is 5.75 Å². The highest BCUT2D eigenvalue weighted by Crippen LogP contribution is 2.32. The second-order valence-electron chi connectivity index (χ2n) is 6.90. The zero-order valence-corrected chi connectivity index (χ0v) is 14.4. The molecular formula is C17H28ClNO. The molecule has 0 heterocycles. The van der Waals surface area contributed by atoms with E-state index in [0.717, 1.165) is 30.2 Å². The fraction of sp³-hybridized carbons (Fsp3) is 0.647. The van der Waals surface area contributed by atoms with Gasteiger partial charge in [0.1, 0.15) is 5.75 Å². The van der Waals surface area contributed by atoms with E-state index in [1.807, 2.05) is 18.2 Å². The van der Waals surface area contributed by atoms with Gasteiger partial charge in [0.25, 0.3) is 0 Å². The van der Waals surface area contributed by atoms with E-state index < -0.39 is 0 Å². The predicted octanol–water partition coefficient (Wildman–Crippen LogP) is 4.70. The third-order valence-electron chi connectivity index (χ3n) is 3.76. The molecule has 114 valence electrons. The Kier molecular flexibility index (Phi) is 5.91. The van der Waals surface area contributed by atoms with Crippen molar-refractivity contribution >= 4 is 11.6 Å². The molecule has 0 saturated carbocycles. The maximum atomic E-state index is 6.12. The summed E-state index contributed by atoms with van der Waals surface area (Å²) in [5.41, 5.74) is 1.50. The Bertz CT molecular complexity index is 439. The van der Waals surface area contributed by atoms with Crippen molar-refractivity contribution in [3.63, 3.8) is 0 Å². The molecule has 0 fully saturated rings. The number of hydrogen-bond donors (Lipinski definition) is 1. The van der Waals surface area contributed by atoms with Crippen LogP contribution in [0.2, 0.25) is 5.02 Å². The van der Waals surface area contributed by atoms with Crippen LogP contribution in [0.25, 0.3) is 0 Å². The molecule has 2 nitrogen and oxygen atoms in total. The van der Waals surface area contributed by atoms with E-state index in [9.17, 15) is 0 Å². The van der Waals surface area contributed by atoms with Gasteiger partial charge in [-0.05, 0) is 62.8 Å². The van der Waals surface area contributed by atoms with Crippen LogP contribution in [-0.2, 0) is 6.42 Å². The highest BCUT2D eigenvalue weighted by Gasteiger charge is 2.26. The number of ether oxygens (including phenoxy) is 1. The minimum Gasteiger partial charge on any atom is -0.496 e. The molecular weight excluding hydrogens is 270 g/mol. The first-order chi connectivity index (χ1) is 9.19. The molecule has 1 N–H and O–H groups in total. The summed E-state index contributed by atoms with van der Waals surface area (Å²) in [4.78, 5) is 0. The van der Waals surface area contributed by atoms with Gasteiger partial charge in [0.15, 0.2) is 0 Å². The molecule has 0 bridgehead atoms. The Labute approximate surface area is 128 Å².